The molecule has 0 radical (unpaired) electrons. The standard InChI is InChI=1S/C17H19N3O4/c1-19-7-6-11-4-5-12(8-14(11)19)18-13-9-16(23-2)17(24-3)10-15(13)20(21)22/h4-5,8-10,18H,6-7H2,1-3H3. The summed E-state index contributed by atoms with van der Waals surface area (Å²) >= 11 is 0. The van der Waals surface area contributed by atoms with Gasteiger partial charge in [-0.05, 0) is 24.1 Å². The van der Waals surface area contributed by atoms with Crippen LogP contribution < -0.4 is 19.7 Å². The summed E-state index contributed by atoms with van der Waals surface area (Å²) in [6.07, 6.45) is 1.02. The number of methoxy groups -OCH3 is 2. The second-order valence-corrected chi connectivity index (χ2v) is 5.62. The number of hydrogen-bond donors (Lipinski definition) is 1. The van der Waals surface area contributed by atoms with Crippen LogP contribution in [0, 0.1) is 10.1 Å². The number of nitro benzene ring substituents is 1. The maximum atomic E-state index is 11.4. The van der Waals surface area contributed by atoms with Crippen LogP contribution in [0.4, 0.5) is 22.7 Å². The molecule has 1 heterocycles. The predicted octanol–water partition coefficient (Wildman–Crippen LogP) is 3.35. The number of likely N-dealkylation sites (N-methyl/N-ethyl adjacent to an activating group) is 1. The molecule has 0 aromatic heterocycles. The summed E-state index contributed by atoms with van der Waals surface area (Å²) in [5, 5.41) is 14.5. The molecule has 0 atom stereocenters. The van der Waals surface area contributed by atoms with Crippen molar-refractivity contribution in [3.8, 4) is 11.5 Å². The van der Waals surface area contributed by atoms with Crippen LogP contribution >= 0.6 is 0 Å². The first-order valence-corrected chi connectivity index (χ1v) is 7.55. The van der Waals surface area contributed by atoms with Gasteiger partial charge in [0.15, 0.2) is 11.5 Å². The summed E-state index contributed by atoms with van der Waals surface area (Å²) in [6.45, 7) is 0.981. The number of fused-ring (bicyclic) bond motifs is 1. The predicted molar refractivity (Wildman–Crippen MR) is 92.9 cm³/mol. The molecule has 1 N–H and O–H groups in total. The minimum atomic E-state index is -0.441. The molecular weight excluding hydrogens is 310 g/mol. The molecule has 1 aliphatic rings. The van der Waals surface area contributed by atoms with E-state index in [9.17, 15) is 10.1 Å². The van der Waals surface area contributed by atoms with E-state index in [1.807, 2.05) is 25.2 Å². The number of anilines is 3. The molecule has 7 heteroatoms. The molecule has 0 aliphatic carbocycles. The zero-order valence-corrected chi connectivity index (χ0v) is 13.8. The van der Waals surface area contributed by atoms with Crippen molar-refractivity contribution in [2.45, 2.75) is 6.42 Å². The van der Waals surface area contributed by atoms with E-state index in [1.54, 1.807) is 6.07 Å². The number of benzene rings is 2. The van der Waals surface area contributed by atoms with Gasteiger partial charge in [-0.25, -0.2) is 0 Å². The summed E-state index contributed by atoms with van der Waals surface area (Å²) in [5.74, 6) is 0.757. The highest BCUT2D eigenvalue weighted by molar-refractivity contribution is 5.76. The monoisotopic (exact) mass is 329 g/mol. The van der Waals surface area contributed by atoms with Crippen LogP contribution in [0.5, 0.6) is 11.5 Å². The lowest BCUT2D eigenvalue weighted by Gasteiger charge is -2.15. The van der Waals surface area contributed by atoms with Crippen LogP contribution in [0.1, 0.15) is 5.56 Å². The van der Waals surface area contributed by atoms with Crippen LogP contribution in [-0.4, -0.2) is 32.7 Å². The number of nitro groups is 1. The summed E-state index contributed by atoms with van der Waals surface area (Å²) < 4.78 is 10.4. The van der Waals surface area contributed by atoms with Crippen LogP contribution in [0.2, 0.25) is 0 Å². The fourth-order valence-electron chi connectivity index (χ4n) is 2.89. The van der Waals surface area contributed by atoms with Crippen LogP contribution in [0.25, 0.3) is 0 Å². The summed E-state index contributed by atoms with van der Waals surface area (Å²) in [4.78, 5) is 13.1. The first kappa shape index (κ1) is 15.9. The molecule has 7 nitrogen and oxygen atoms in total. The van der Waals surface area contributed by atoms with Crippen LogP contribution in [0.15, 0.2) is 30.3 Å². The van der Waals surface area contributed by atoms with Crippen molar-refractivity contribution in [2.75, 3.05) is 38.0 Å². The molecular formula is C17H19N3O4. The highest BCUT2D eigenvalue weighted by Gasteiger charge is 2.21. The Kier molecular flexibility index (Phi) is 4.16. The third kappa shape index (κ3) is 2.80. The summed E-state index contributed by atoms with van der Waals surface area (Å²) in [7, 11) is 4.98. The van der Waals surface area contributed by atoms with Crippen molar-refractivity contribution in [1.29, 1.82) is 0 Å². The average Bonchev–Trinajstić information content (AvgIpc) is 2.95. The minimum Gasteiger partial charge on any atom is -0.493 e. The number of nitrogens with one attached hydrogen (secondary N) is 1. The Morgan fingerprint density at radius 2 is 1.88 bits per heavy atom. The van der Waals surface area contributed by atoms with E-state index in [0.717, 1.165) is 24.3 Å². The third-order valence-electron chi connectivity index (χ3n) is 4.19. The van der Waals surface area contributed by atoms with Gasteiger partial charge in [0.1, 0.15) is 5.69 Å². The molecule has 0 bridgehead atoms. The van der Waals surface area contributed by atoms with Crippen LogP contribution in [0.3, 0.4) is 0 Å². The van der Waals surface area contributed by atoms with Crippen LogP contribution in [-0.2, 0) is 6.42 Å². The Morgan fingerprint density at radius 3 is 2.54 bits per heavy atom. The molecule has 0 saturated carbocycles. The molecule has 0 unspecified atom stereocenters. The number of nitrogens with zero attached hydrogens (tertiary/aromatic N) is 2. The molecule has 126 valence electrons. The fraction of sp³-hybridized carbons (Fsp3) is 0.294. The topological polar surface area (TPSA) is 76.9 Å². The molecule has 0 fully saturated rings. The minimum absolute atomic E-state index is 0.0681. The first-order valence-electron chi connectivity index (χ1n) is 7.55. The van der Waals surface area contributed by atoms with Crippen molar-refractivity contribution < 1.29 is 14.4 Å². The van der Waals surface area contributed by atoms with Gasteiger partial charge in [0.2, 0.25) is 0 Å². The maximum Gasteiger partial charge on any atom is 0.296 e. The SMILES string of the molecule is COc1cc(Nc2ccc3c(c2)N(C)CC3)c([N+](=O)[O-])cc1OC. The summed E-state index contributed by atoms with van der Waals surface area (Å²) in [6, 6.07) is 8.92. The third-order valence-corrected chi connectivity index (χ3v) is 4.19. The van der Waals surface area contributed by atoms with Gasteiger partial charge in [0, 0.05) is 31.0 Å². The molecule has 3 rings (SSSR count). The molecule has 0 saturated heterocycles. The highest BCUT2D eigenvalue weighted by Crippen LogP contribution is 2.39. The normalized spacial score (nSPS) is 12.7. The Hall–Kier alpha value is -2.96. The first-order chi connectivity index (χ1) is 11.5. The lowest BCUT2D eigenvalue weighted by molar-refractivity contribution is -0.384. The zero-order chi connectivity index (χ0) is 17.3. The van der Waals surface area contributed by atoms with Crippen molar-refractivity contribution in [1.82, 2.24) is 0 Å². The largest absolute Gasteiger partial charge is 0.493 e. The van der Waals surface area contributed by atoms with Gasteiger partial charge < -0.3 is 19.7 Å². The Morgan fingerprint density at radius 1 is 1.17 bits per heavy atom. The Balaban J connectivity index is 2.00. The molecule has 2 aromatic rings. The fourth-order valence-corrected chi connectivity index (χ4v) is 2.89. The van der Waals surface area contributed by atoms with Gasteiger partial charge in [-0.3, -0.25) is 10.1 Å². The van der Waals surface area contributed by atoms with Gasteiger partial charge in [-0.15, -0.1) is 0 Å². The van der Waals surface area contributed by atoms with Gasteiger partial charge in [0.25, 0.3) is 5.69 Å². The number of ether oxygens (including phenoxy) is 2. The van der Waals surface area contributed by atoms with E-state index in [0.29, 0.717) is 17.2 Å². The highest BCUT2D eigenvalue weighted by atomic mass is 16.6. The smallest absolute Gasteiger partial charge is 0.296 e. The molecule has 0 spiro atoms. The average molecular weight is 329 g/mol. The number of rotatable bonds is 5. The lowest BCUT2D eigenvalue weighted by atomic mass is 10.1. The van der Waals surface area contributed by atoms with E-state index in [-0.39, 0.29) is 5.69 Å². The number of hydrogen-bond acceptors (Lipinski definition) is 6. The quantitative estimate of drug-likeness (QED) is 0.669. The van der Waals surface area contributed by atoms with Gasteiger partial charge in [-0.2, -0.15) is 0 Å². The Bertz CT molecular complexity index is 792. The molecule has 1 aliphatic heterocycles. The van der Waals surface area contributed by atoms with E-state index in [1.165, 1.54) is 25.8 Å². The summed E-state index contributed by atoms with van der Waals surface area (Å²) in [5.41, 5.74) is 3.51. The maximum absolute atomic E-state index is 11.4. The van der Waals surface area contributed by atoms with E-state index >= 15 is 0 Å². The second kappa shape index (κ2) is 6.27. The van der Waals surface area contributed by atoms with Gasteiger partial charge >= 0.3 is 0 Å². The zero-order valence-electron chi connectivity index (χ0n) is 13.8. The van der Waals surface area contributed by atoms with Gasteiger partial charge in [-0.1, -0.05) is 6.07 Å². The van der Waals surface area contributed by atoms with Gasteiger partial charge in [0.05, 0.1) is 25.2 Å². The Labute approximate surface area is 139 Å². The molecule has 2 aromatic carbocycles. The second-order valence-electron chi connectivity index (χ2n) is 5.62. The molecule has 0 amide bonds. The van der Waals surface area contributed by atoms with E-state index < -0.39 is 4.92 Å². The lowest BCUT2D eigenvalue weighted by Crippen LogP contribution is -2.12. The molecule has 24 heavy (non-hydrogen) atoms. The van der Waals surface area contributed by atoms with Crippen molar-refractivity contribution in [3.05, 3.63) is 46.0 Å². The van der Waals surface area contributed by atoms with E-state index in [4.69, 9.17) is 9.47 Å². The van der Waals surface area contributed by atoms with Crippen molar-refractivity contribution in [3.63, 3.8) is 0 Å². The van der Waals surface area contributed by atoms with E-state index in [2.05, 4.69) is 10.2 Å². The van der Waals surface area contributed by atoms with Crippen molar-refractivity contribution >= 4 is 22.7 Å². The van der Waals surface area contributed by atoms with Crippen molar-refractivity contribution in [2.24, 2.45) is 0 Å².